The van der Waals surface area contributed by atoms with E-state index in [2.05, 4.69) is 33.9 Å². The highest BCUT2D eigenvalue weighted by molar-refractivity contribution is 7.90. The molecule has 0 radical (unpaired) electrons. The zero-order valence-electron chi connectivity index (χ0n) is 26.5. The number of aryl methyl sites for hydroxylation is 1. The molecule has 12 nitrogen and oxygen atoms in total. The van der Waals surface area contributed by atoms with Crippen LogP contribution in [0.3, 0.4) is 0 Å². The first-order chi connectivity index (χ1) is 18.9. The van der Waals surface area contributed by atoms with Gasteiger partial charge in [0, 0.05) is 18.0 Å². The molecule has 3 N–H and O–H groups in total. The third-order valence-electron chi connectivity index (χ3n) is 9.02. The molecule has 0 amide bonds. The van der Waals surface area contributed by atoms with Gasteiger partial charge in [-0.05, 0) is 49.3 Å². The molecule has 42 heavy (non-hydrogen) atoms. The van der Waals surface area contributed by atoms with Gasteiger partial charge in [0.2, 0.25) is 0 Å². The molecule has 1 saturated heterocycles. The minimum Gasteiger partial charge on any atom is -0.414 e. The maximum atomic E-state index is 13.7. The highest BCUT2D eigenvalue weighted by Crippen LogP contribution is 2.52. The molecular formula is C27H47N3O9SSi2. The Morgan fingerprint density at radius 2 is 1.67 bits per heavy atom. The first-order valence-corrected chi connectivity index (χ1v) is 21.2. The van der Waals surface area contributed by atoms with Gasteiger partial charge in [-0.25, -0.2) is 13.5 Å². The molecule has 2 aliphatic heterocycles. The average Bonchev–Trinajstić information content (AvgIpc) is 3.25. The number of rotatable bonds is 8. The van der Waals surface area contributed by atoms with Gasteiger partial charge in [0.15, 0.2) is 28.5 Å². The molecule has 0 aliphatic carbocycles. The van der Waals surface area contributed by atoms with Crippen molar-refractivity contribution >= 4 is 33.0 Å². The lowest BCUT2D eigenvalue weighted by molar-refractivity contribution is -0.0565. The summed E-state index contributed by atoms with van der Waals surface area (Å²) in [5.74, 6) is 0. The van der Waals surface area contributed by atoms with Crippen LogP contribution in [-0.2, 0) is 27.9 Å². The number of ether oxygens (including phenoxy) is 1. The number of hydrogen-bond acceptors (Lipinski definition) is 10. The second kappa shape index (κ2) is 11.3. The molecule has 2 aliphatic rings. The van der Waals surface area contributed by atoms with Crippen LogP contribution in [-0.4, -0.2) is 70.3 Å². The van der Waals surface area contributed by atoms with Crippen molar-refractivity contribution in [2.45, 2.75) is 109 Å². The SMILES string of the molecule is Cc1cn([C@@H]2O[C@H](CO[Si](C)(C)C(C)(C)C)C3(OS(=O)(=O)C=C3N)[C@H]2O[Si](C)(C)C(C)(C)C)c(=O)n(/C=C/CO)c1=O. The summed E-state index contributed by atoms with van der Waals surface area (Å²) in [5.41, 5.74) is 3.41. The van der Waals surface area contributed by atoms with E-state index in [0.717, 1.165) is 9.98 Å². The highest BCUT2D eigenvalue weighted by atomic mass is 32.2. The van der Waals surface area contributed by atoms with E-state index >= 15 is 0 Å². The Morgan fingerprint density at radius 3 is 2.14 bits per heavy atom. The molecule has 0 aromatic carbocycles. The van der Waals surface area contributed by atoms with E-state index in [9.17, 15) is 23.1 Å². The van der Waals surface area contributed by atoms with E-state index in [0.29, 0.717) is 0 Å². The van der Waals surface area contributed by atoms with Gasteiger partial charge in [-0.3, -0.25) is 9.36 Å². The van der Waals surface area contributed by atoms with Crippen molar-refractivity contribution in [2.75, 3.05) is 13.2 Å². The van der Waals surface area contributed by atoms with Gasteiger partial charge >= 0.3 is 5.69 Å². The van der Waals surface area contributed by atoms with Gasteiger partial charge in [0.05, 0.1) is 24.3 Å². The van der Waals surface area contributed by atoms with Gasteiger partial charge in [-0.15, -0.1) is 0 Å². The topological polar surface area (TPSA) is 161 Å². The van der Waals surface area contributed by atoms with Crippen LogP contribution in [0.4, 0.5) is 0 Å². The molecule has 1 spiro atoms. The molecule has 3 rings (SSSR count). The van der Waals surface area contributed by atoms with Crippen molar-refractivity contribution in [1.29, 1.82) is 0 Å². The van der Waals surface area contributed by atoms with Crippen LogP contribution >= 0.6 is 0 Å². The zero-order valence-corrected chi connectivity index (χ0v) is 29.4. The number of aromatic nitrogens is 2. The van der Waals surface area contributed by atoms with Crippen molar-refractivity contribution < 1.29 is 31.3 Å². The maximum absolute atomic E-state index is 13.7. The Morgan fingerprint density at radius 1 is 1.10 bits per heavy atom. The minimum absolute atomic E-state index is 0.0772. The Kier molecular flexibility index (Phi) is 9.28. The van der Waals surface area contributed by atoms with E-state index in [1.807, 2.05) is 33.9 Å². The van der Waals surface area contributed by atoms with Crippen molar-refractivity contribution in [3.63, 3.8) is 0 Å². The Bertz CT molecular complexity index is 1480. The van der Waals surface area contributed by atoms with Gasteiger partial charge in [0.1, 0.15) is 12.2 Å². The van der Waals surface area contributed by atoms with Crippen LogP contribution in [0.1, 0.15) is 53.3 Å². The summed E-state index contributed by atoms with van der Waals surface area (Å²) in [6.45, 7) is 21.5. The van der Waals surface area contributed by atoms with Crippen LogP contribution in [0.15, 0.2) is 33.0 Å². The third kappa shape index (κ3) is 6.20. The fourth-order valence-corrected chi connectivity index (χ4v) is 7.91. The van der Waals surface area contributed by atoms with Gasteiger partial charge in [0.25, 0.3) is 15.7 Å². The standard InChI is InChI=1S/C27H47N3O9SSi2/c1-18-15-30(24(33)29(22(18)32)13-12-14-31)23-21(38-42(10,11)26(5,6)7)27(19(28)17-40(34,35)39-27)20(37-23)16-36-41(8,9)25(2,3)4/h12-13,15,17,20-21,23,31H,14,16,28H2,1-11H3/b13-12+/t20-,21+,23-,27?/m1/s1. The van der Waals surface area contributed by atoms with Crippen LogP contribution in [0.5, 0.6) is 0 Å². The molecule has 238 valence electrons. The molecule has 3 heterocycles. The monoisotopic (exact) mass is 645 g/mol. The van der Waals surface area contributed by atoms with Crippen LogP contribution in [0, 0.1) is 6.92 Å². The molecule has 1 unspecified atom stereocenters. The Hall–Kier alpha value is -1.86. The smallest absolute Gasteiger partial charge is 0.337 e. The number of hydrogen-bond donors (Lipinski definition) is 2. The largest absolute Gasteiger partial charge is 0.414 e. The number of nitrogens with zero attached hydrogens (tertiary/aromatic N) is 2. The minimum atomic E-state index is -4.23. The fourth-order valence-electron chi connectivity index (χ4n) is 4.40. The lowest BCUT2D eigenvalue weighted by Crippen LogP contribution is -2.59. The van der Waals surface area contributed by atoms with Crippen LogP contribution in [0.2, 0.25) is 36.3 Å². The molecule has 1 aromatic heterocycles. The highest BCUT2D eigenvalue weighted by Gasteiger charge is 2.67. The van der Waals surface area contributed by atoms with Crippen LogP contribution < -0.4 is 17.0 Å². The second-order valence-electron chi connectivity index (χ2n) is 14.1. The van der Waals surface area contributed by atoms with Gasteiger partial charge in [-0.2, -0.15) is 8.42 Å². The van der Waals surface area contributed by atoms with E-state index in [1.165, 1.54) is 23.0 Å². The molecule has 0 saturated carbocycles. The number of nitrogens with two attached hydrogens (primary N) is 1. The summed E-state index contributed by atoms with van der Waals surface area (Å²) in [6, 6.07) is 0. The Balaban J connectivity index is 2.31. The number of aliphatic hydroxyl groups excluding tert-OH is 1. The molecule has 1 fully saturated rings. The number of aliphatic hydroxyl groups is 1. The van der Waals surface area contributed by atoms with Crippen molar-refractivity contribution in [1.82, 2.24) is 9.13 Å². The van der Waals surface area contributed by atoms with Crippen molar-refractivity contribution in [3.05, 3.63) is 49.8 Å². The molecule has 0 bridgehead atoms. The quantitative estimate of drug-likeness (QED) is 0.318. The zero-order chi connectivity index (χ0) is 32.3. The van der Waals surface area contributed by atoms with E-state index in [-0.39, 0.29) is 34.6 Å². The summed E-state index contributed by atoms with van der Waals surface area (Å²) in [4.78, 5) is 26.6. The lowest BCUT2D eigenvalue weighted by Gasteiger charge is -2.43. The summed E-state index contributed by atoms with van der Waals surface area (Å²) in [7, 11) is -9.32. The summed E-state index contributed by atoms with van der Waals surface area (Å²) >= 11 is 0. The van der Waals surface area contributed by atoms with Crippen LogP contribution in [0.25, 0.3) is 6.20 Å². The summed E-state index contributed by atoms with van der Waals surface area (Å²) < 4.78 is 53.6. The molecular weight excluding hydrogens is 599 g/mol. The fraction of sp³-hybridized carbons (Fsp3) is 0.704. The Labute approximate surface area is 250 Å². The predicted octanol–water partition coefficient (Wildman–Crippen LogP) is 2.99. The predicted molar refractivity (Wildman–Crippen MR) is 166 cm³/mol. The van der Waals surface area contributed by atoms with E-state index in [1.54, 1.807) is 6.92 Å². The van der Waals surface area contributed by atoms with Crippen molar-refractivity contribution in [3.8, 4) is 0 Å². The second-order valence-corrected chi connectivity index (χ2v) is 25.0. The maximum Gasteiger partial charge on any atom is 0.337 e. The van der Waals surface area contributed by atoms with Gasteiger partial charge < -0.3 is 24.4 Å². The molecule has 15 heteroatoms. The molecule has 1 aromatic rings. The third-order valence-corrected chi connectivity index (χ3v) is 19.0. The lowest BCUT2D eigenvalue weighted by atomic mass is 9.89. The summed E-state index contributed by atoms with van der Waals surface area (Å²) in [6.07, 6.45) is 0.273. The normalized spacial score (nSPS) is 26.9. The van der Waals surface area contributed by atoms with E-state index < -0.39 is 62.0 Å². The van der Waals surface area contributed by atoms with Crippen molar-refractivity contribution in [2.24, 2.45) is 5.73 Å². The first-order valence-electron chi connectivity index (χ1n) is 13.9. The summed E-state index contributed by atoms with van der Waals surface area (Å²) in [5, 5.41) is 9.65. The average molecular weight is 646 g/mol. The van der Waals surface area contributed by atoms with E-state index in [4.69, 9.17) is 23.5 Å². The van der Waals surface area contributed by atoms with Gasteiger partial charge in [-0.1, -0.05) is 41.5 Å². The molecule has 4 atom stereocenters. The first kappa shape index (κ1) is 34.6.